The van der Waals surface area contributed by atoms with E-state index < -0.39 is 0 Å². The number of hydrogen-bond donors (Lipinski definition) is 1. The minimum absolute atomic E-state index is 0.718. The third kappa shape index (κ3) is 3.28. The highest BCUT2D eigenvalue weighted by Crippen LogP contribution is 2.30. The van der Waals surface area contributed by atoms with Crippen molar-refractivity contribution in [2.24, 2.45) is 0 Å². The summed E-state index contributed by atoms with van der Waals surface area (Å²) in [7, 11) is 0. The number of rotatable bonds is 4. The van der Waals surface area contributed by atoms with E-state index in [4.69, 9.17) is 10.5 Å². The van der Waals surface area contributed by atoms with Gasteiger partial charge in [-0.3, -0.25) is 0 Å². The molecular weight excluding hydrogens is 234 g/mol. The summed E-state index contributed by atoms with van der Waals surface area (Å²) >= 11 is 0. The minimum atomic E-state index is 0.718. The lowest BCUT2D eigenvalue weighted by Gasteiger charge is -2.14. The molecule has 0 aliphatic carbocycles. The topological polar surface area (TPSA) is 35.2 Å². The van der Waals surface area contributed by atoms with Crippen LogP contribution in [-0.4, -0.2) is 0 Å². The molecule has 0 unspecified atom stereocenters. The van der Waals surface area contributed by atoms with Crippen molar-refractivity contribution in [1.29, 1.82) is 0 Å². The van der Waals surface area contributed by atoms with Crippen molar-refractivity contribution >= 4 is 5.69 Å². The molecule has 100 valence electrons. The lowest BCUT2D eigenvalue weighted by atomic mass is 10.0. The first kappa shape index (κ1) is 13.5. The zero-order chi connectivity index (χ0) is 13.8. The molecule has 2 aromatic carbocycles. The van der Waals surface area contributed by atoms with E-state index in [0.29, 0.717) is 0 Å². The number of nitrogen functional groups attached to an aromatic ring is 1. The number of benzene rings is 2. The summed E-state index contributed by atoms with van der Waals surface area (Å²) in [6, 6.07) is 11.9. The number of anilines is 1. The van der Waals surface area contributed by atoms with Gasteiger partial charge in [0.1, 0.15) is 11.5 Å². The van der Waals surface area contributed by atoms with Crippen molar-refractivity contribution in [1.82, 2.24) is 0 Å². The Bertz CT molecular complexity index is 552. The summed E-state index contributed by atoms with van der Waals surface area (Å²) in [5.74, 6) is 1.72. The molecule has 0 aromatic heterocycles. The SMILES string of the molecule is CCCc1cc(C)c(Oc2cccc(N)c2)c(C)c1. The summed E-state index contributed by atoms with van der Waals surface area (Å²) in [4.78, 5) is 0. The van der Waals surface area contributed by atoms with Gasteiger partial charge in [0.25, 0.3) is 0 Å². The second kappa shape index (κ2) is 5.79. The van der Waals surface area contributed by atoms with Gasteiger partial charge in [0, 0.05) is 11.8 Å². The van der Waals surface area contributed by atoms with E-state index in [1.54, 1.807) is 0 Å². The fourth-order valence-corrected chi connectivity index (χ4v) is 2.33. The largest absolute Gasteiger partial charge is 0.457 e. The second-order valence-electron chi connectivity index (χ2n) is 4.98. The maximum Gasteiger partial charge on any atom is 0.133 e. The van der Waals surface area contributed by atoms with E-state index in [9.17, 15) is 0 Å². The van der Waals surface area contributed by atoms with Crippen molar-refractivity contribution in [2.75, 3.05) is 5.73 Å². The van der Waals surface area contributed by atoms with E-state index in [1.807, 2.05) is 24.3 Å². The number of nitrogens with two attached hydrogens (primary N) is 1. The Labute approximate surface area is 115 Å². The molecule has 2 nitrogen and oxygen atoms in total. The molecule has 0 aliphatic rings. The first-order valence-corrected chi connectivity index (χ1v) is 6.73. The van der Waals surface area contributed by atoms with Gasteiger partial charge in [-0.25, -0.2) is 0 Å². The maximum absolute atomic E-state index is 5.97. The Balaban J connectivity index is 2.30. The summed E-state index contributed by atoms with van der Waals surface area (Å²) < 4.78 is 5.97. The first-order chi connectivity index (χ1) is 9.10. The molecule has 2 N–H and O–H groups in total. The second-order valence-corrected chi connectivity index (χ2v) is 4.98. The predicted molar refractivity (Wildman–Crippen MR) is 80.8 cm³/mol. The fraction of sp³-hybridized carbons (Fsp3) is 0.294. The Hall–Kier alpha value is -1.96. The Kier molecular flexibility index (Phi) is 4.10. The summed E-state index contributed by atoms with van der Waals surface area (Å²) in [6.07, 6.45) is 2.27. The Morgan fingerprint density at radius 3 is 2.32 bits per heavy atom. The molecule has 0 fully saturated rings. The monoisotopic (exact) mass is 255 g/mol. The quantitative estimate of drug-likeness (QED) is 0.808. The third-order valence-corrected chi connectivity index (χ3v) is 3.14. The van der Waals surface area contributed by atoms with Crippen molar-refractivity contribution in [3.05, 3.63) is 53.1 Å². The van der Waals surface area contributed by atoms with Gasteiger partial charge in [0.05, 0.1) is 0 Å². The molecule has 0 atom stereocenters. The summed E-state index contributed by atoms with van der Waals surface area (Å²) in [5, 5.41) is 0. The Morgan fingerprint density at radius 2 is 1.74 bits per heavy atom. The normalized spacial score (nSPS) is 10.5. The van der Waals surface area contributed by atoms with Crippen LogP contribution in [0, 0.1) is 13.8 Å². The first-order valence-electron chi connectivity index (χ1n) is 6.73. The molecule has 0 spiro atoms. The fourth-order valence-electron chi connectivity index (χ4n) is 2.33. The molecule has 0 saturated carbocycles. The highest BCUT2D eigenvalue weighted by atomic mass is 16.5. The Morgan fingerprint density at radius 1 is 1.05 bits per heavy atom. The number of hydrogen-bond acceptors (Lipinski definition) is 2. The molecule has 0 saturated heterocycles. The molecule has 0 aliphatic heterocycles. The van der Waals surface area contributed by atoms with Gasteiger partial charge in [-0.05, 0) is 49.1 Å². The highest BCUT2D eigenvalue weighted by molar-refractivity contribution is 5.49. The smallest absolute Gasteiger partial charge is 0.133 e. The van der Waals surface area contributed by atoms with E-state index in [-0.39, 0.29) is 0 Å². The molecule has 2 heteroatoms. The van der Waals surface area contributed by atoms with E-state index >= 15 is 0 Å². The predicted octanol–water partition coefficient (Wildman–Crippen LogP) is 4.63. The molecule has 2 aromatic rings. The van der Waals surface area contributed by atoms with Gasteiger partial charge >= 0.3 is 0 Å². The zero-order valence-electron chi connectivity index (χ0n) is 11.9. The maximum atomic E-state index is 5.97. The van der Waals surface area contributed by atoms with Gasteiger partial charge in [0.2, 0.25) is 0 Å². The van der Waals surface area contributed by atoms with E-state index in [0.717, 1.165) is 30.0 Å². The van der Waals surface area contributed by atoms with Crippen LogP contribution >= 0.6 is 0 Å². The van der Waals surface area contributed by atoms with Crippen LogP contribution in [0.3, 0.4) is 0 Å². The van der Waals surface area contributed by atoms with Crippen molar-refractivity contribution in [2.45, 2.75) is 33.6 Å². The molecule has 0 heterocycles. The van der Waals surface area contributed by atoms with Gasteiger partial charge in [0.15, 0.2) is 0 Å². The van der Waals surface area contributed by atoms with Gasteiger partial charge < -0.3 is 10.5 Å². The average Bonchev–Trinajstić information content (AvgIpc) is 2.34. The molecule has 0 amide bonds. The molecule has 0 bridgehead atoms. The van der Waals surface area contributed by atoms with Crippen molar-refractivity contribution < 1.29 is 4.74 Å². The highest BCUT2D eigenvalue weighted by Gasteiger charge is 2.07. The van der Waals surface area contributed by atoms with Crippen LogP contribution in [0.1, 0.15) is 30.0 Å². The zero-order valence-corrected chi connectivity index (χ0v) is 11.9. The van der Waals surface area contributed by atoms with Crippen LogP contribution < -0.4 is 10.5 Å². The van der Waals surface area contributed by atoms with Crippen LogP contribution in [0.25, 0.3) is 0 Å². The average molecular weight is 255 g/mol. The summed E-state index contributed by atoms with van der Waals surface area (Å²) in [6.45, 7) is 6.38. The van der Waals surface area contributed by atoms with Gasteiger partial charge in [-0.15, -0.1) is 0 Å². The van der Waals surface area contributed by atoms with Crippen LogP contribution in [-0.2, 0) is 6.42 Å². The summed E-state index contributed by atoms with van der Waals surface area (Å²) in [5.41, 5.74) is 10.2. The standard InChI is InChI=1S/C17H21NO/c1-4-6-14-9-12(2)17(13(3)10-14)19-16-8-5-7-15(18)11-16/h5,7-11H,4,6,18H2,1-3H3. The van der Waals surface area contributed by atoms with Crippen LogP contribution in [0.4, 0.5) is 5.69 Å². The van der Waals surface area contributed by atoms with Crippen LogP contribution in [0.2, 0.25) is 0 Å². The molecular formula is C17H21NO. The minimum Gasteiger partial charge on any atom is -0.457 e. The lowest BCUT2D eigenvalue weighted by Crippen LogP contribution is -1.95. The molecule has 2 rings (SSSR count). The van der Waals surface area contributed by atoms with Crippen molar-refractivity contribution in [3.63, 3.8) is 0 Å². The van der Waals surface area contributed by atoms with Crippen LogP contribution in [0.15, 0.2) is 36.4 Å². The van der Waals surface area contributed by atoms with E-state index in [2.05, 4.69) is 32.9 Å². The van der Waals surface area contributed by atoms with Crippen molar-refractivity contribution in [3.8, 4) is 11.5 Å². The third-order valence-electron chi connectivity index (χ3n) is 3.14. The van der Waals surface area contributed by atoms with Gasteiger partial charge in [-0.1, -0.05) is 31.5 Å². The van der Waals surface area contributed by atoms with E-state index in [1.165, 1.54) is 16.7 Å². The molecule has 19 heavy (non-hydrogen) atoms. The lowest BCUT2D eigenvalue weighted by molar-refractivity contribution is 0.475. The number of ether oxygens (including phenoxy) is 1. The van der Waals surface area contributed by atoms with Gasteiger partial charge in [-0.2, -0.15) is 0 Å². The van der Waals surface area contributed by atoms with Crippen LogP contribution in [0.5, 0.6) is 11.5 Å². The molecule has 0 radical (unpaired) electrons. The number of aryl methyl sites for hydroxylation is 3.